The molecule has 0 aliphatic carbocycles. The highest BCUT2D eigenvalue weighted by Gasteiger charge is 2.16. The van der Waals surface area contributed by atoms with Crippen molar-refractivity contribution in [3.8, 4) is 5.75 Å². The molecule has 1 aromatic carbocycles. The molecule has 0 amide bonds. The quantitative estimate of drug-likeness (QED) is 0.922. The molecule has 0 aliphatic rings. The Morgan fingerprint density at radius 1 is 1.44 bits per heavy atom. The molecule has 0 aliphatic heterocycles. The van der Waals surface area contributed by atoms with Gasteiger partial charge in [-0.05, 0) is 19.1 Å². The summed E-state index contributed by atoms with van der Waals surface area (Å²) in [6, 6.07) is 5.73. The number of hydrogen-bond acceptors (Lipinski definition) is 4. The SMILES string of the molecule is COc1cccc(Sc2nccn2C)c1C(C)O. The van der Waals surface area contributed by atoms with E-state index in [2.05, 4.69) is 4.98 Å². The molecule has 0 saturated heterocycles. The molecule has 1 N–H and O–H groups in total. The van der Waals surface area contributed by atoms with Gasteiger partial charge in [-0.1, -0.05) is 17.8 Å². The van der Waals surface area contributed by atoms with Gasteiger partial charge in [0.05, 0.1) is 13.2 Å². The molecular formula is C13H16N2O2S. The zero-order valence-electron chi connectivity index (χ0n) is 10.6. The summed E-state index contributed by atoms with van der Waals surface area (Å²) in [7, 11) is 3.55. The van der Waals surface area contributed by atoms with Gasteiger partial charge in [0.2, 0.25) is 0 Å². The van der Waals surface area contributed by atoms with Crippen LogP contribution in [0.3, 0.4) is 0 Å². The summed E-state index contributed by atoms with van der Waals surface area (Å²) in [4.78, 5) is 5.23. The number of rotatable bonds is 4. The summed E-state index contributed by atoms with van der Waals surface area (Å²) in [6.45, 7) is 1.74. The van der Waals surface area contributed by atoms with Crippen LogP contribution in [0.5, 0.6) is 5.75 Å². The van der Waals surface area contributed by atoms with Crippen molar-refractivity contribution in [2.75, 3.05) is 7.11 Å². The second-order valence-electron chi connectivity index (χ2n) is 3.97. The maximum atomic E-state index is 9.89. The third-order valence-corrected chi connectivity index (χ3v) is 3.79. The predicted molar refractivity (Wildman–Crippen MR) is 71.0 cm³/mol. The van der Waals surface area contributed by atoms with Crippen molar-refractivity contribution in [2.45, 2.75) is 23.1 Å². The Labute approximate surface area is 111 Å². The number of methoxy groups -OCH3 is 1. The summed E-state index contributed by atoms with van der Waals surface area (Å²) >= 11 is 1.52. The molecule has 96 valence electrons. The van der Waals surface area contributed by atoms with E-state index in [4.69, 9.17) is 4.74 Å². The summed E-state index contributed by atoms with van der Waals surface area (Å²) in [5, 5.41) is 10.8. The van der Waals surface area contributed by atoms with E-state index in [1.165, 1.54) is 11.8 Å². The van der Waals surface area contributed by atoms with Crippen LogP contribution in [0.15, 0.2) is 40.6 Å². The van der Waals surface area contributed by atoms with E-state index in [0.29, 0.717) is 5.75 Å². The van der Waals surface area contributed by atoms with Gasteiger partial charge >= 0.3 is 0 Å². The molecular weight excluding hydrogens is 248 g/mol. The topological polar surface area (TPSA) is 47.3 Å². The number of hydrogen-bond donors (Lipinski definition) is 1. The van der Waals surface area contributed by atoms with Crippen LogP contribution in [0, 0.1) is 0 Å². The molecule has 1 heterocycles. The first-order valence-corrected chi connectivity index (χ1v) is 6.45. The zero-order chi connectivity index (χ0) is 13.1. The minimum atomic E-state index is -0.580. The number of aryl methyl sites for hydroxylation is 1. The van der Waals surface area contributed by atoms with Gasteiger partial charge in [-0.3, -0.25) is 0 Å². The summed E-state index contributed by atoms with van der Waals surface area (Å²) in [5.74, 6) is 0.698. The smallest absolute Gasteiger partial charge is 0.172 e. The number of imidazole rings is 1. The lowest BCUT2D eigenvalue weighted by Gasteiger charge is -2.15. The van der Waals surface area contributed by atoms with Gasteiger partial charge in [-0.2, -0.15) is 0 Å². The van der Waals surface area contributed by atoms with Crippen LogP contribution >= 0.6 is 11.8 Å². The van der Waals surface area contributed by atoms with Crippen LogP contribution in [-0.4, -0.2) is 21.8 Å². The second kappa shape index (κ2) is 5.46. The van der Waals surface area contributed by atoms with Gasteiger partial charge in [-0.25, -0.2) is 4.98 Å². The Kier molecular flexibility index (Phi) is 3.93. The number of nitrogens with zero attached hydrogens (tertiary/aromatic N) is 2. The van der Waals surface area contributed by atoms with Gasteiger partial charge in [0.25, 0.3) is 0 Å². The maximum absolute atomic E-state index is 9.89. The fraction of sp³-hybridized carbons (Fsp3) is 0.308. The van der Waals surface area contributed by atoms with Crippen LogP contribution < -0.4 is 4.74 Å². The predicted octanol–water partition coefficient (Wildman–Crippen LogP) is 2.63. The Balaban J connectivity index is 2.41. The normalized spacial score (nSPS) is 12.4. The molecule has 4 nitrogen and oxygen atoms in total. The molecule has 0 saturated carbocycles. The van der Waals surface area contributed by atoms with Gasteiger partial charge in [0.15, 0.2) is 5.16 Å². The minimum Gasteiger partial charge on any atom is -0.496 e. The summed E-state index contributed by atoms with van der Waals surface area (Å²) in [6.07, 6.45) is 3.07. The highest BCUT2D eigenvalue weighted by atomic mass is 32.2. The van der Waals surface area contributed by atoms with Crippen LogP contribution in [-0.2, 0) is 7.05 Å². The fourth-order valence-corrected chi connectivity index (χ4v) is 2.79. The van der Waals surface area contributed by atoms with Crippen molar-refractivity contribution < 1.29 is 9.84 Å². The van der Waals surface area contributed by atoms with E-state index < -0.39 is 6.10 Å². The fourth-order valence-electron chi connectivity index (χ4n) is 1.75. The standard InChI is InChI=1S/C13H16N2O2S/c1-9(16)12-10(17-3)5-4-6-11(12)18-13-14-7-8-15(13)2/h4-9,16H,1-3H3. The first kappa shape index (κ1) is 13.0. The lowest BCUT2D eigenvalue weighted by Crippen LogP contribution is -1.99. The van der Waals surface area contributed by atoms with Crippen LogP contribution in [0.1, 0.15) is 18.6 Å². The number of aliphatic hydroxyl groups excluding tert-OH is 1. The Morgan fingerprint density at radius 2 is 2.22 bits per heavy atom. The number of aliphatic hydroxyl groups is 1. The molecule has 1 atom stereocenters. The van der Waals surface area contributed by atoms with Crippen molar-refractivity contribution in [1.82, 2.24) is 9.55 Å². The molecule has 0 fully saturated rings. The average Bonchev–Trinajstić information content (AvgIpc) is 2.74. The number of benzene rings is 1. The molecule has 2 aromatic rings. The Morgan fingerprint density at radius 3 is 2.78 bits per heavy atom. The highest BCUT2D eigenvalue weighted by Crippen LogP contribution is 2.37. The molecule has 1 aromatic heterocycles. The number of aromatic nitrogens is 2. The maximum Gasteiger partial charge on any atom is 0.172 e. The molecule has 0 radical (unpaired) electrons. The van der Waals surface area contributed by atoms with E-state index >= 15 is 0 Å². The monoisotopic (exact) mass is 264 g/mol. The van der Waals surface area contributed by atoms with Crippen LogP contribution in [0.4, 0.5) is 0 Å². The minimum absolute atomic E-state index is 0.580. The third-order valence-electron chi connectivity index (χ3n) is 2.64. The summed E-state index contributed by atoms with van der Waals surface area (Å²) in [5.41, 5.74) is 0.799. The zero-order valence-corrected chi connectivity index (χ0v) is 11.4. The molecule has 2 rings (SSSR count). The second-order valence-corrected chi connectivity index (χ2v) is 4.98. The third kappa shape index (κ3) is 2.52. The Bertz CT molecular complexity index is 538. The largest absolute Gasteiger partial charge is 0.496 e. The Hall–Kier alpha value is -1.46. The average molecular weight is 264 g/mol. The van der Waals surface area contributed by atoms with Crippen molar-refractivity contribution in [2.24, 2.45) is 7.05 Å². The van der Waals surface area contributed by atoms with Crippen molar-refractivity contribution >= 4 is 11.8 Å². The van der Waals surface area contributed by atoms with E-state index in [9.17, 15) is 5.11 Å². The van der Waals surface area contributed by atoms with Crippen molar-refractivity contribution in [3.63, 3.8) is 0 Å². The first-order valence-electron chi connectivity index (χ1n) is 5.63. The van der Waals surface area contributed by atoms with Gasteiger partial charge in [0.1, 0.15) is 5.75 Å². The first-order chi connectivity index (χ1) is 8.63. The highest BCUT2D eigenvalue weighted by molar-refractivity contribution is 7.99. The van der Waals surface area contributed by atoms with Gasteiger partial charge < -0.3 is 14.4 Å². The van der Waals surface area contributed by atoms with Crippen molar-refractivity contribution in [3.05, 3.63) is 36.2 Å². The van der Waals surface area contributed by atoms with E-state index in [-0.39, 0.29) is 0 Å². The van der Waals surface area contributed by atoms with E-state index in [1.54, 1.807) is 20.2 Å². The van der Waals surface area contributed by atoms with Crippen molar-refractivity contribution in [1.29, 1.82) is 0 Å². The lowest BCUT2D eigenvalue weighted by atomic mass is 10.1. The van der Waals surface area contributed by atoms with Gasteiger partial charge in [-0.15, -0.1) is 0 Å². The molecule has 5 heteroatoms. The molecule has 1 unspecified atom stereocenters. The molecule has 18 heavy (non-hydrogen) atoms. The molecule has 0 spiro atoms. The summed E-state index contributed by atoms with van der Waals surface area (Å²) < 4.78 is 7.24. The lowest BCUT2D eigenvalue weighted by molar-refractivity contribution is 0.191. The van der Waals surface area contributed by atoms with E-state index in [1.807, 2.05) is 36.0 Å². The molecule has 0 bridgehead atoms. The van der Waals surface area contributed by atoms with E-state index in [0.717, 1.165) is 15.6 Å². The van der Waals surface area contributed by atoms with Gasteiger partial charge in [0, 0.05) is 29.9 Å². The number of ether oxygens (including phenoxy) is 1. The van der Waals surface area contributed by atoms with Crippen LogP contribution in [0.25, 0.3) is 0 Å². The van der Waals surface area contributed by atoms with Crippen LogP contribution in [0.2, 0.25) is 0 Å².